The van der Waals surface area contributed by atoms with E-state index in [1.807, 2.05) is 29.2 Å². The van der Waals surface area contributed by atoms with Crippen LogP contribution in [-0.4, -0.2) is 48.3 Å². The van der Waals surface area contributed by atoms with Crippen LogP contribution in [0.25, 0.3) is 16.6 Å². The maximum Gasteiger partial charge on any atom is 0.233 e. The summed E-state index contributed by atoms with van der Waals surface area (Å²) in [6.07, 6.45) is 0.848. The smallest absolute Gasteiger partial charge is 0.233 e. The largest absolute Gasteiger partial charge is 0.358 e. The van der Waals surface area contributed by atoms with E-state index >= 15 is 0 Å². The Morgan fingerprint density at radius 1 is 1.16 bits per heavy atom. The number of carbonyl (C=O) groups is 1. The number of carbonyl (C=O) groups excluding carboxylic acids is 1. The summed E-state index contributed by atoms with van der Waals surface area (Å²) in [5.41, 5.74) is 5.77. The van der Waals surface area contributed by atoms with Crippen LogP contribution in [0.1, 0.15) is 36.6 Å². The minimum atomic E-state index is 0.102. The first kappa shape index (κ1) is 19.8. The Kier molecular flexibility index (Phi) is 5.23. The Morgan fingerprint density at radius 2 is 1.97 bits per heavy atom. The highest BCUT2D eigenvalue weighted by Crippen LogP contribution is 2.28. The van der Waals surface area contributed by atoms with E-state index in [4.69, 9.17) is 0 Å². The summed E-state index contributed by atoms with van der Waals surface area (Å²) in [5, 5.41) is 13.9. The molecule has 1 amide bonds. The third-order valence-electron chi connectivity index (χ3n) is 5.81. The second kappa shape index (κ2) is 8.19. The highest BCUT2D eigenvalue weighted by Gasteiger charge is 2.24. The molecule has 5 rings (SSSR count). The van der Waals surface area contributed by atoms with Crippen molar-refractivity contribution in [2.45, 2.75) is 37.9 Å². The zero-order chi connectivity index (χ0) is 21.4. The third kappa shape index (κ3) is 3.83. The Morgan fingerprint density at radius 3 is 2.77 bits per heavy atom. The topological polar surface area (TPSA) is 79.7 Å². The minimum Gasteiger partial charge on any atom is -0.358 e. The minimum absolute atomic E-state index is 0.102. The van der Waals surface area contributed by atoms with Gasteiger partial charge in [0.1, 0.15) is 0 Å². The van der Waals surface area contributed by atoms with E-state index in [0.29, 0.717) is 23.4 Å². The molecule has 1 N–H and O–H groups in total. The summed E-state index contributed by atoms with van der Waals surface area (Å²) in [6.45, 7) is 5.69. The fraction of sp³-hybridized carbons (Fsp3) is 0.304. The maximum absolute atomic E-state index is 12.9. The molecule has 0 saturated heterocycles. The average Bonchev–Trinajstić information content (AvgIpc) is 3.41. The van der Waals surface area contributed by atoms with Gasteiger partial charge in [0, 0.05) is 41.7 Å². The molecule has 4 aromatic rings. The Balaban J connectivity index is 1.27. The van der Waals surface area contributed by atoms with Crippen molar-refractivity contribution >= 4 is 28.6 Å². The molecule has 0 spiro atoms. The number of amides is 1. The van der Waals surface area contributed by atoms with Gasteiger partial charge in [-0.2, -0.15) is 4.68 Å². The van der Waals surface area contributed by atoms with Gasteiger partial charge < -0.3 is 9.88 Å². The Bertz CT molecular complexity index is 1230. The van der Waals surface area contributed by atoms with E-state index in [2.05, 4.69) is 58.6 Å². The fourth-order valence-electron chi connectivity index (χ4n) is 4.03. The lowest BCUT2D eigenvalue weighted by atomic mass is 10.0. The zero-order valence-electron chi connectivity index (χ0n) is 17.6. The molecule has 8 heteroatoms. The van der Waals surface area contributed by atoms with Gasteiger partial charge in [0.2, 0.25) is 11.1 Å². The fourth-order valence-corrected chi connectivity index (χ4v) is 4.82. The Labute approximate surface area is 184 Å². The van der Waals surface area contributed by atoms with Gasteiger partial charge in [-0.3, -0.25) is 4.79 Å². The van der Waals surface area contributed by atoms with Crippen molar-refractivity contribution in [3.63, 3.8) is 0 Å². The van der Waals surface area contributed by atoms with Crippen LogP contribution in [0, 0.1) is 0 Å². The lowest BCUT2D eigenvalue weighted by Crippen LogP contribution is -2.36. The lowest BCUT2D eigenvalue weighted by Gasteiger charge is -2.27. The molecule has 0 aliphatic carbocycles. The number of nitrogens with zero attached hydrogens (tertiary/aromatic N) is 5. The molecule has 0 fully saturated rings. The molecule has 0 unspecified atom stereocenters. The van der Waals surface area contributed by atoms with Crippen LogP contribution in [0.4, 0.5) is 0 Å². The van der Waals surface area contributed by atoms with Crippen molar-refractivity contribution in [2.24, 2.45) is 0 Å². The molecule has 158 valence electrons. The first-order chi connectivity index (χ1) is 15.1. The van der Waals surface area contributed by atoms with E-state index in [1.54, 1.807) is 4.68 Å². The number of hydrogen-bond donors (Lipinski definition) is 1. The second-order valence-electron chi connectivity index (χ2n) is 8.10. The normalized spacial score (nSPS) is 13.7. The summed E-state index contributed by atoms with van der Waals surface area (Å²) in [6, 6.07) is 16.5. The van der Waals surface area contributed by atoms with Gasteiger partial charge in [-0.05, 0) is 40.1 Å². The SMILES string of the molecule is CC(C)c1ccc(-n2nnnc2SCC(=O)N2CCc3[nH]c4ccccc4c3C2)cc1. The highest BCUT2D eigenvalue weighted by molar-refractivity contribution is 7.99. The molecule has 1 aliphatic heterocycles. The number of tetrazole rings is 1. The van der Waals surface area contributed by atoms with E-state index < -0.39 is 0 Å². The number of H-pyrrole nitrogens is 1. The second-order valence-corrected chi connectivity index (χ2v) is 9.04. The van der Waals surface area contributed by atoms with Crippen molar-refractivity contribution in [3.05, 3.63) is 65.4 Å². The predicted octanol–water partition coefficient (Wildman–Crippen LogP) is 3.94. The molecule has 1 aliphatic rings. The highest BCUT2D eigenvalue weighted by atomic mass is 32.2. The summed E-state index contributed by atoms with van der Waals surface area (Å²) in [7, 11) is 0. The molecule has 0 atom stereocenters. The zero-order valence-corrected chi connectivity index (χ0v) is 18.4. The number of hydrogen-bond acceptors (Lipinski definition) is 5. The Hall–Kier alpha value is -3.13. The standard InChI is InChI=1S/C23H24N6OS/c1-15(2)16-7-9-17(10-8-16)29-23(25-26-27-29)31-14-22(30)28-12-11-21-19(13-28)18-5-3-4-6-20(18)24-21/h3-10,15,24H,11-14H2,1-2H3. The molecule has 7 nitrogen and oxygen atoms in total. The van der Waals surface area contributed by atoms with E-state index in [9.17, 15) is 4.79 Å². The average molecular weight is 433 g/mol. The van der Waals surface area contributed by atoms with Crippen LogP contribution >= 0.6 is 11.8 Å². The molecule has 2 aromatic carbocycles. The number of thioether (sulfide) groups is 1. The van der Waals surface area contributed by atoms with E-state index in [1.165, 1.54) is 34.0 Å². The number of nitrogens with one attached hydrogen (secondary N) is 1. The summed E-state index contributed by atoms with van der Waals surface area (Å²) >= 11 is 1.38. The quantitative estimate of drug-likeness (QED) is 0.483. The van der Waals surface area contributed by atoms with Gasteiger partial charge in [0.25, 0.3) is 0 Å². The third-order valence-corrected chi connectivity index (χ3v) is 6.71. The van der Waals surface area contributed by atoms with Crippen LogP contribution < -0.4 is 0 Å². The monoisotopic (exact) mass is 432 g/mol. The van der Waals surface area contributed by atoms with E-state index in [0.717, 1.165) is 24.2 Å². The van der Waals surface area contributed by atoms with Crippen LogP contribution in [0.2, 0.25) is 0 Å². The van der Waals surface area contributed by atoms with Gasteiger partial charge >= 0.3 is 0 Å². The summed E-state index contributed by atoms with van der Waals surface area (Å²) < 4.78 is 1.69. The summed E-state index contributed by atoms with van der Waals surface area (Å²) in [5.74, 6) is 0.879. The summed E-state index contributed by atoms with van der Waals surface area (Å²) in [4.78, 5) is 18.4. The molecule has 31 heavy (non-hydrogen) atoms. The van der Waals surface area contributed by atoms with E-state index in [-0.39, 0.29) is 5.91 Å². The molecular weight excluding hydrogens is 408 g/mol. The van der Waals surface area contributed by atoms with Crippen molar-refractivity contribution in [3.8, 4) is 5.69 Å². The number of benzene rings is 2. The first-order valence-electron chi connectivity index (χ1n) is 10.5. The number of para-hydroxylation sites is 1. The lowest BCUT2D eigenvalue weighted by molar-refractivity contribution is -0.129. The van der Waals surface area contributed by atoms with Crippen molar-refractivity contribution in [1.29, 1.82) is 0 Å². The first-order valence-corrected chi connectivity index (χ1v) is 11.5. The van der Waals surface area contributed by atoms with Gasteiger partial charge in [-0.15, -0.1) is 5.10 Å². The number of aromatic amines is 1. The van der Waals surface area contributed by atoms with Crippen molar-refractivity contribution < 1.29 is 4.79 Å². The molecule has 0 saturated carbocycles. The van der Waals surface area contributed by atoms with Gasteiger partial charge in [0.15, 0.2) is 0 Å². The van der Waals surface area contributed by atoms with Crippen LogP contribution in [0.3, 0.4) is 0 Å². The maximum atomic E-state index is 12.9. The van der Waals surface area contributed by atoms with Gasteiger partial charge in [-0.1, -0.05) is 55.9 Å². The predicted molar refractivity (Wildman–Crippen MR) is 121 cm³/mol. The van der Waals surface area contributed by atoms with Crippen LogP contribution in [0.5, 0.6) is 0 Å². The molecule has 2 aromatic heterocycles. The molecule has 0 bridgehead atoms. The number of aromatic nitrogens is 5. The van der Waals surface area contributed by atoms with Crippen molar-refractivity contribution in [2.75, 3.05) is 12.3 Å². The van der Waals surface area contributed by atoms with Crippen molar-refractivity contribution in [1.82, 2.24) is 30.1 Å². The molecule has 0 radical (unpaired) electrons. The number of rotatable bonds is 5. The van der Waals surface area contributed by atoms with Crippen LogP contribution in [0.15, 0.2) is 53.7 Å². The molecule has 3 heterocycles. The number of fused-ring (bicyclic) bond motifs is 3. The van der Waals surface area contributed by atoms with Gasteiger partial charge in [-0.25, -0.2) is 0 Å². The van der Waals surface area contributed by atoms with Crippen LogP contribution in [-0.2, 0) is 17.8 Å². The van der Waals surface area contributed by atoms with Gasteiger partial charge in [0.05, 0.1) is 11.4 Å². The molecular formula is C23H24N6OS.